The van der Waals surface area contributed by atoms with E-state index < -0.39 is 12.1 Å². The van der Waals surface area contributed by atoms with Crippen molar-refractivity contribution in [2.45, 2.75) is 24.0 Å². The zero-order chi connectivity index (χ0) is 19.4. The second-order valence-electron chi connectivity index (χ2n) is 5.62. The molecule has 0 saturated heterocycles. The van der Waals surface area contributed by atoms with Crippen LogP contribution in [0.3, 0.4) is 0 Å². The van der Waals surface area contributed by atoms with Gasteiger partial charge in [0.25, 0.3) is 0 Å². The molecule has 0 radical (unpaired) electrons. The highest BCUT2D eigenvalue weighted by atomic mass is 32.2. The number of carbonyl (C=O) groups is 1. The number of nitrogens with zero attached hydrogens (tertiary/aromatic N) is 3. The first-order valence-electron chi connectivity index (χ1n) is 7.90. The van der Waals surface area contributed by atoms with E-state index in [1.165, 1.54) is 17.8 Å². The van der Waals surface area contributed by atoms with Gasteiger partial charge in [-0.25, -0.2) is 9.97 Å². The number of halogens is 3. The molecule has 0 saturated carbocycles. The van der Waals surface area contributed by atoms with Crippen LogP contribution in [0.5, 0.6) is 0 Å². The van der Waals surface area contributed by atoms with Gasteiger partial charge in [0.05, 0.1) is 0 Å². The number of carbonyl (C=O) groups excluding carboxylic acids is 1. The third kappa shape index (κ3) is 4.48. The average Bonchev–Trinajstić information content (AvgIpc) is 3.09. The number of pyridine rings is 1. The molecule has 2 aromatic heterocycles. The van der Waals surface area contributed by atoms with Gasteiger partial charge >= 0.3 is 12.1 Å². The van der Waals surface area contributed by atoms with Crippen LogP contribution in [0.2, 0.25) is 0 Å². The van der Waals surface area contributed by atoms with E-state index in [4.69, 9.17) is 0 Å². The first kappa shape index (κ1) is 19.0. The summed E-state index contributed by atoms with van der Waals surface area (Å²) in [6, 6.07) is 10.1. The molecule has 0 spiro atoms. The summed E-state index contributed by atoms with van der Waals surface area (Å²) in [5.41, 5.74) is 1.65. The topological polar surface area (TPSA) is 59.8 Å². The minimum atomic E-state index is -4.94. The number of anilines is 1. The summed E-state index contributed by atoms with van der Waals surface area (Å²) in [7, 11) is 0. The first-order valence-corrected chi connectivity index (χ1v) is 8.89. The van der Waals surface area contributed by atoms with Gasteiger partial charge in [0.2, 0.25) is 0 Å². The summed E-state index contributed by atoms with van der Waals surface area (Å²) >= 11 is 1.34. The maximum absolute atomic E-state index is 12.5. The highest BCUT2D eigenvalue weighted by Gasteiger charge is 2.38. The summed E-state index contributed by atoms with van der Waals surface area (Å²) in [5.74, 6) is -0.932. The van der Waals surface area contributed by atoms with Crippen molar-refractivity contribution < 1.29 is 18.0 Å². The van der Waals surface area contributed by atoms with Gasteiger partial charge in [-0.3, -0.25) is 9.36 Å². The van der Waals surface area contributed by atoms with E-state index in [9.17, 15) is 18.0 Å². The Bertz CT molecular complexity index is 956. The van der Waals surface area contributed by atoms with Gasteiger partial charge < -0.3 is 5.32 Å². The monoisotopic (exact) mass is 392 g/mol. The molecule has 27 heavy (non-hydrogen) atoms. The van der Waals surface area contributed by atoms with Crippen molar-refractivity contribution in [2.75, 3.05) is 5.32 Å². The molecule has 0 bridgehead atoms. The predicted octanol–water partition coefficient (Wildman–Crippen LogP) is 4.37. The van der Waals surface area contributed by atoms with Gasteiger partial charge in [0, 0.05) is 30.0 Å². The summed E-state index contributed by atoms with van der Waals surface area (Å²) in [5, 5.41) is 2.57. The Morgan fingerprint density at radius 1 is 1.15 bits per heavy atom. The van der Waals surface area contributed by atoms with E-state index in [1.54, 1.807) is 36.8 Å². The molecule has 0 aliphatic heterocycles. The molecule has 1 N–H and O–H groups in total. The second-order valence-corrected chi connectivity index (χ2v) is 6.56. The molecule has 0 aliphatic carbocycles. The van der Waals surface area contributed by atoms with Gasteiger partial charge in [-0.2, -0.15) is 13.2 Å². The predicted molar refractivity (Wildman–Crippen MR) is 96.8 cm³/mol. The third-order valence-electron chi connectivity index (χ3n) is 3.70. The van der Waals surface area contributed by atoms with Crippen LogP contribution < -0.4 is 5.32 Å². The van der Waals surface area contributed by atoms with Crippen LogP contribution in [0.15, 0.2) is 60.1 Å². The van der Waals surface area contributed by atoms with Crippen molar-refractivity contribution in [1.82, 2.24) is 14.5 Å². The molecule has 140 valence electrons. The number of alkyl halides is 3. The van der Waals surface area contributed by atoms with E-state index in [0.29, 0.717) is 16.5 Å². The number of imidazole rings is 1. The third-order valence-corrected chi connectivity index (χ3v) is 4.71. The smallest absolute Gasteiger partial charge is 0.318 e. The van der Waals surface area contributed by atoms with Crippen LogP contribution in [-0.2, 0) is 10.5 Å². The van der Waals surface area contributed by atoms with Crippen molar-refractivity contribution in [2.24, 2.45) is 0 Å². The van der Waals surface area contributed by atoms with Gasteiger partial charge in [0.15, 0.2) is 5.16 Å². The maximum Gasteiger partial charge on any atom is 0.471 e. The number of hydrogen-bond donors (Lipinski definition) is 1. The molecule has 0 fully saturated rings. The number of amides is 1. The van der Waals surface area contributed by atoms with Gasteiger partial charge in [-0.05, 0) is 30.2 Å². The lowest BCUT2D eigenvalue weighted by Crippen LogP contribution is -2.30. The SMILES string of the molecule is Cc1cccnc1-n1ccnc1SCc1ccccc1NC(=O)C(F)(F)F. The highest BCUT2D eigenvalue weighted by Crippen LogP contribution is 2.28. The summed E-state index contributed by atoms with van der Waals surface area (Å²) in [4.78, 5) is 19.9. The Hall–Kier alpha value is -2.81. The zero-order valence-electron chi connectivity index (χ0n) is 14.2. The van der Waals surface area contributed by atoms with Crippen LogP contribution in [0.1, 0.15) is 11.1 Å². The Labute approximate surface area is 157 Å². The molecule has 3 rings (SSSR count). The molecular weight excluding hydrogens is 377 g/mol. The Morgan fingerprint density at radius 3 is 2.67 bits per heavy atom. The fraction of sp³-hybridized carbons (Fsp3) is 0.167. The van der Waals surface area contributed by atoms with Gasteiger partial charge in [-0.1, -0.05) is 36.0 Å². The number of rotatable bonds is 5. The van der Waals surface area contributed by atoms with Crippen molar-refractivity contribution in [3.63, 3.8) is 0 Å². The minimum absolute atomic E-state index is 0.124. The number of para-hydroxylation sites is 1. The lowest BCUT2D eigenvalue weighted by Gasteiger charge is -2.13. The zero-order valence-corrected chi connectivity index (χ0v) is 15.0. The Kier molecular flexibility index (Phi) is 5.50. The van der Waals surface area contributed by atoms with E-state index in [2.05, 4.69) is 9.97 Å². The molecule has 0 unspecified atom stereocenters. The number of benzene rings is 1. The van der Waals surface area contributed by atoms with Crippen molar-refractivity contribution in [3.05, 3.63) is 66.1 Å². The average molecular weight is 392 g/mol. The number of aromatic nitrogens is 3. The highest BCUT2D eigenvalue weighted by molar-refractivity contribution is 7.98. The molecule has 1 aromatic carbocycles. The molecule has 3 aromatic rings. The lowest BCUT2D eigenvalue weighted by atomic mass is 10.2. The number of hydrogen-bond acceptors (Lipinski definition) is 4. The number of thioether (sulfide) groups is 1. The molecule has 0 aliphatic rings. The number of nitrogens with one attached hydrogen (secondary N) is 1. The van der Waals surface area contributed by atoms with E-state index in [-0.39, 0.29) is 5.69 Å². The van der Waals surface area contributed by atoms with Crippen LogP contribution >= 0.6 is 11.8 Å². The van der Waals surface area contributed by atoms with Crippen LogP contribution in [0.4, 0.5) is 18.9 Å². The van der Waals surface area contributed by atoms with E-state index >= 15 is 0 Å². The fourth-order valence-electron chi connectivity index (χ4n) is 2.39. The largest absolute Gasteiger partial charge is 0.471 e. The maximum atomic E-state index is 12.5. The molecular formula is C18H15F3N4OS. The second kappa shape index (κ2) is 7.83. The molecule has 5 nitrogen and oxygen atoms in total. The Balaban J connectivity index is 1.79. The normalized spacial score (nSPS) is 11.4. The van der Waals surface area contributed by atoms with Crippen LogP contribution in [-0.4, -0.2) is 26.6 Å². The van der Waals surface area contributed by atoms with Crippen molar-refractivity contribution >= 4 is 23.4 Å². The lowest BCUT2D eigenvalue weighted by molar-refractivity contribution is -0.167. The van der Waals surface area contributed by atoms with Crippen molar-refractivity contribution in [3.8, 4) is 5.82 Å². The van der Waals surface area contributed by atoms with E-state index in [1.807, 2.05) is 28.9 Å². The van der Waals surface area contributed by atoms with E-state index in [0.717, 1.165) is 11.4 Å². The number of aryl methyl sites for hydroxylation is 1. The fourth-order valence-corrected chi connectivity index (χ4v) is 3.35. The molecule has 2 heterocycles. The van der Waals surface area contributed by atoms with Crippen LogP contribution in [0.25, 0.3) is 5.82 Å². The standard InChI is InChI=1S/C18H15F3N4OS/c1-12-5-4-8-22-15(12)25-10-9-23-17(25)27-11-13-6-2-3-7-14(13)24-16(26)18(19,20)21/h2-10H,11H2,1H3,(H,24,26). The molecule has 9 heteroatoms. The van der Waals surface area contributed by atoms with Gasteiger partial charge in [-0.15, -0.1) is 0 Å². The van der Waals surface area contributed by atoms with Gasteiger partial charge in [0.1, 0.15) is 5.82 Å². The summed E-state index contributed by atoms with van der Waals surface area (Å²) in [6.45, 7) is 1.93. The minimum Gasteiger partial charge on any atom is -0.318 e. The molecule has 1 amide bonds. The molecule has 0 atom stereocenters. The Morgan fingerprint density at radius 2 is 1.93 bits per heavy atom. The first-order chi connectivity index (χ1) is 12.9. The van der Waals surface area contributed by atoms with Crippen molar-refractivity contribution in [1.29, 1.82) is 0 Å². The quantitative estimate of drug-likeness (QED) is 0.655. The van der Waals surface area contributed by atoms with Crippen LogP contribution in [0, 0.1) is 6.92 Å². The summed E-state index contributed by atoms with van der Waals surface area (Å²) in [6.07, 6.45) is 0.147. The summed E-state index contributed by atoms with van der Waals surface area (Å²) < 4.78 is 39.4.